The molecule has 3 rings (SSSR count). The van der Waals surface area contributed by atoms with E-state index in [-0.39, 0.29) is 0 Å². The molecule has 1 heterocycles. The largest absolute Gasteiger partial charge is 0.327 e. The van der Waals surface area contributed by atoms with E-state index in [1.165, 1.54) is 64.5 Å². The average molecular weight is 222 g/mol. The Morgan fingerprint density at radius 1 is 1.06 bits per heavy atom. The molecule has 0 spiro atoms. The number of rotatable bonds is 4. The summed E-state index contributed by atoms with van der Waals surface area (Å²) >= 11 is 0. The highest BCUT2D eigenvalue weighted by Crippen LogP contribution is 2.37. The van der Waals surface area contributed by atoms with Crippen molar-refractivity contribution in [1.29, 1.82) is 0 Å². The van der Waals surface area contributed by atoms with E-state index >= 15 is 0 Å². The summed E-state index contributed by atoms with van der Waals surface area (Å²) < 4.78 is 0. The minimum Gasteiger partial charge on any atom is -0.327 e. The van der Waals surface area contributed by atoms with Crippen LogP contribution >= 0.6 is 0 Å². The van der Waals surface area contributed by atoms with Gasteiger partial charge in [0.25, 0.3) is 0 Å². The molecule has 3 atom stereocenters. The first-order chi connectivity index (χ1) is 7.84. The van der Waals surface area contributed by atoms with Crippen LogP contribution in [0.25, 0.3) is 0 Å². The second kappa shape index (κ2) is 4.66. The zero-order valence-corrected chi connectivity index (χ0v) is 10.4. The number of nitrogens with zero attached hydrogens (tertiary/aromatic N) is 1. The quantitative estimate of drug-likeness (QED) is 0.791. The Hall–Kier alpha value is -0.0800. The molecule has 0 radical (unpaired) electrons. The summed E-state index contributed by atoms with van der Waals surface area (Å²) in [6, 6.07) is 1.43. The van der Waals surface area contributed by atoms with Gasteiger partial charge in [0.05, 0.1) is 0 Å². The standard InChI is InChI=1S/C14H26N2/c15-13(11-6-7-11)8-10-16-9-2-4-12-3-1-5-14(12)16/h11-14H,1-10,15H2. The maximum Gasteiger partial charge on any atom is 0.0123 e. The first-order valence-corrected chi connectivity index (χ1v) is 7.34. The van der Waals surface area contributed by atoms with Gasteiger partial charge in [-0.15, -0.1) is 0 Å². The molecule has 3 aliphatic rings. The molecule has 0 aromatic rings. The van der Waals surface area contributed by atoms with Crippen molar-refractivity contribution in [3.63, 3.8) is 0 Å². The third-order valence-corrected chi connectivity index (χ3v) is 5.09. The third-order valence-electron chi connectivity index (χ3n) is 5.09. The molecule has 3 fully saturated rings. The lowest BCUT2D eigenvalue weighted by Gasteiger charge is -2.38. The van der Waals surface area contributed by atoms with Crippen LogP contribution in [0.15, 0.2) is 0 Å². The van der Waals surface area contributed by atoms with Gasteiger partial charge in [-0.3, -0.25) is 0 Å². The fourth-order valence-corrected chi connectivity index (χ4v) is 3.91. The van der Waals surface area contributed by atoms with Crippen LogP contribution in [-0.2, 0) is 0 Å². The monoisotopic (exact) mass is 222 g/mol. The van der Waals surface area contributed by atoms with E-state index in [2.05, 4.69) is 4.90 Å². The van der Waals surface area contributed by atoms with Crippen LogP contribution < -0.4 is 5.73 Å². The highest BCUT2D eigenvalue weighted by atomic mass is 15.2. The summed E-state index contributed by atoms with van der Waals surface area (Å²) in [6.45, 7) is 2.62. The smallest absolute Gasteiger partial charge is 0.0123 e. The van der Waals surface area contributed by atoms with Gasteiger partial charge in [-0.25, -0.2) is 0 Å². The van der Waals surface area contributed by atoms with Crippen molar-refractivity contribution in [2.45, 2.75) is 63.5 Å². The van der Waals surface area contributed by atoms with Crippen LogP contribution in [-0.4, -0.2) is 30.1 Å². The molecule has 1 saturated heterocycles. The van der Waals surface area contributed by atoms with Crippen LogP contribution in [0, 0.1) is 11.8 Å². The van der Waals surface area contributed by atoms with Gasteiger partial charge in [0, 0.05) is 12.1 Å². The van der Waals surface area contributed by atoms with E-state index in [1.807, 2.05) is 0 Å². The molecule has 16 heavy (non-hydrogen) atoms. The first kappa shape index (κ1) is 11.0. The molecule has 92 valence electrons. The molecular formula is C14H26N2. The van der Waals surface area contributed by atoms with E-state index in [4.69, 9.17) is 5.73 Å². The second-order valence-corrected chi connectivity index (χ2v) is 6.23. The Morgan fingerprint density at radius 2 is 1.88 bits per heavy atom. The Kier molecular flexibility index (Phi) is 3.21. The third kappa shape index (κ3) is 2.28. The highest BCUT2D eigenvalue weighted by molar-refractivity contribution is 4.90. The summed E-state index contributed by atoms with van der Waals surface area (Å²) in [5.74, 6) is 1.91. The predicted molar refractivity (Wildman–Crippen MR) is 67.3 cm³/mol. The maximum atomic E-state index is 6.21. The predicted octanol–water partition coefficient (Wildman–Crippen LogP) is 2.38. The minimum absolute atomic E-state index is 0.502. The van der Waals surface area contributed by atoms with Crippen LogP contribution in [0.1, 0.15) is 51.4 Å². The number of hydrogen-bond acceptors (Lipinski definition) is 2. The molecule has 2 saturated carbocycles. The molecule has 0 bridgehead atoms. The lowest BCUT2D eigenvalue weighted by molar-refractivity contribution is 0.109. The van der Waals surface area contributed by atoms with Crippen molar-refractivity contribution in [1.82, 2.24) is 4.90 Å². The van der Waals surface area contributed by atoms with Crippen LogP contribution in [0.2, 0.25) is 0 Å². The lowest BCUT2D eigenvalue weighted by atomic mass is 9.91. The van der Waals surface area contributed by atoms with Crippen molar-refractivity contribution < 1.29 is 0 Å². The summed E-state index contributed by atoms with van der Waals surface area (Å²) in [4.78, 5) is 2.77. The zero-order chi connectivity index (χ0) is 11.0. The van der Waals surface area contributed by atoms with Crippen molar-refractivity contribution in [2.75, 3.05) is 13.1 Å². The lowest BCUT2D eigenvalue weighted by Crippen LogP contribution is -2.44. The fourth-order valence-electron chi connectivity index (χ4n) is 3.91. The number of likely N-dealkylation sites (tertiary alicyclic amines) is 1. The molecule has 3 unspecified atom stereocenters. The number of fused-ring (bicyclic) bond motifs is 1. The van der Waals surface area contributed by atoms with Gasteiger partial charge in [0.2, 0.25) is 0 Å². The molecule has 2 N–H and O–H groups in total. The van der Waals surface area contributed by atoms with Crippen molar-refractivity contribution in [3.05, 3.63) is 0 Å². The fraction of sp³-hybridized carbons (Fsp3) is 1.00. The summed E-state index contributed by atoms with van der Waals surface area (Å²) in [6.07, 6.45) is 11.4. The van der Waals surface area contributed by atoms with Gasteiger partial charge in [-0.05, 0) is 69.9 Å². The molecule has 2 aliphatic carbocycles. The Bertz CT molecular complexity index is 237. The van der Waals surface area contributed by atoms with Crippen molar-refractivity contribution >= 4 is 0 Å². The first-order valence-electron chi connectivity index (χ1n) is 7.34. The SMILES string of the molecule is NC(CCN1CCCC2CCCC21)C1CC1. The Balaban J connectivity index is 1.49. The number of nitrogens with two attached hydrogens (primary N) is 1. The average Bonchev–Trinajstić information content (AvgIpc) is 3.04. The molecule has 2 nitrogen and oxygen atoms in total. The van der Waals surface area contributed by atoms with Crippen molar-refractivity contribution in [3.8, 4) is 0 Å². The van der Waals surface area contributed by atoms with E-state index in [0.29, 0.717) is 6.04 Å². The van der Waals surface area contributed by atoms with Gasteiger partial charge in [-0.1, -0.05) is 6.42 Å². The minimum atomic E-state index is 0.502. The highest BCUT2D eigenvalue weighted by Gasteiger charge is 2.35. The van der Waals surface area contributed by atoms with E-state index in [0.717, 1.165) is 17.9 Å². The molecule has 0 amide bonds. The molecule has 0 aromatic carbocycles. The molecule has 1 aliphatic heterocycles. The molecule has 2 heteroatoms. The maximum absolute atomic E-state index is 6.21. The topological polar surface area (TPSA) is 29.3 Å². The van der Waals surface area contributed by atoms with Crippen LogP contribution in [0.3, 0.4) is 0 Å². The molecular weight excluding hydrogens is 196 g/mol. The van der Waals surface area contributed by atoms with Crippen LogP contribution in [0.5, 0.6) is 0 Å². The van der Waals surface area contributed by atoms with Gasteiger partial charge < -0.3 is 10.6 Å². The Morgan fingerprint density at radius 3 is 2.69 bits per heavy atom. The Labute approximate surface area is 99.6 Å². The molecule has 0 aromatic heterocycles. The second-order valence-electron chi connectivity index (χ2n) is 6.23. The van der Waals surface area contributed by atoms with E-state index in [1.54, 1.807) is 0 Å². The van der Waals surface area contributed by atoms with Crippen LogP contribution in [0.4, 0.5) is 0 Å². The normalized spacial score (nSPS) is 37.3. The van der Waals surface area contributed by atoms with Gasteiger partial charge >= 0.3 is 0 Å². The van der Waals surface area contributed by atoms with Gasteiger partial charge in [0.1, 0.15) is 0 Å². The summed E-state index contributed by atoms with van der Waals surface area (Å²) in [5.41, 5.74) is 6.21. The van der Waals surface area contributed by atoms with Crippen molar-refractivity contribution in [2.24, 2.45) is 17.6 Å². The number of hydrogen-bond donors (Lipinski definition) is 1. The van der Waals surface area contributed by atoms with E-state index in [9.17, 15) is 0 Å². The zero-order valence-electron chi connectivity index (χ0n) is 10.4. The summed E-state index contributed by atoms with van der Waals surface area (Å²) in [7, 11) is 0. The van der Waals surface area contributed by atoms with Gasteiger partial charge in [-0.2, -0.15) is 0 Å². The number of piperidine rings is 1. The summed E-state index contributed by atoms with van der Waals surface area (Å²) in [5, 5.41) is 0. The van der Waals surface area contributed by atoms with Gasteiger partial charge in [0.15, 0.2) is 0 Å². The van der Waals surface area contributed by atoms with E-state index < -0.39 is 0 Å².